The van der Waals surface area contributed by atoms with Crippen molar-refractivity contribution in [1.29, 1.82) is 0 Å². The fraction of sp³-hybridized carbons (Fsp3) is 0.765. The summed E-state index contributed by atoms with van der Waals surface area (Å²) in [6.45, 7) is 7.90. The second-order valence-electron chi connectivity index (χ2n) is 7.44. The Hall–Kier alpha value is -1.41. The predicted octanol–water partition coefficient (Wildman–Crippen LogP) is 1.85. The summed E-state index contributed by atoms with van der Waals surface area (Å²) in [5, 5.41) is 3.96. The first-order chi connectivity index (χ1) is 11.8. The van der Waals surface area contributed by atoms with Crippen LogP contribution in [0.1, 0.15) is 49.6 Å². The van der Waals surface area contributed by atoms with Crippen molar-refractivity contribution in [3.8, 4) is 0 Å². The molecule has 0 radical (unpaired) electrons. The number of nitrogens with zero attached hydrogens (tertiary/aromatic N) is 3. The molecule has 2 fully saturated rings. The summed E-state index contributed by atoms with van der Waals surface area (Å²) >= 11 is 0. The molecule has 0 saturated carbocycles. The third-order valence-electron chi connectivity index (χ3n) is 5.57. The molecule has 25 heavy (non-hydrogen) atoms. The van der Waals surface area contributed by atoms with Gasteiger partial charge in [0, 0.05) is 31.6 Å². The van der Waals surface area contributed by atoms with Crippen molar-refractivity contribution in [1.82, 2.24) is 14.4 Å². The van der Waals surface area contributed by atoms with E-state index >= 15 is 0 Å². The summed E-state index contributed by atoms with van der Waals surface area (Å²) in [5.74, 6) is 1.11. The van der Waals surface area contributed by atoms with Crippen molar-refractivity contribution in [3.63, 3.8) is 0 Å². The number of amides is 1. The van der Waals surface area contributed by atoms with Crippen LogP contribution in [-0.4, -0.2) is 54.1 Å². The number of aromatic nitrogens is 1. The van der Waals surface area contributed by atoms with E-state index in [0.29, 0.717) is 39.0 Å². The first-order valence-corrected chi connectivity index (χ1v) is 10.5. The van der Waals surface area contributed by atoms with E-state index < -0.39 is 10.0 Å². The van der Waals surface area contributed by atoms with Gasteiger partial charge in [0.2, 0.25) is 15.9 Å². The van der Waals surface area contributed by atoms with E-state index in [1.807, 2.05) is 25.7 Å². The summed E-state index contributed by atoms with van der Waals surface area (Å²) in [7, 11) is -3.14. The summed E-state index contributed by atoms with van der Waals surface area (Å²) in [6, 6.07) is 0. The third kappa shape index (κ3) is 3.60. The zero-order valence-corrected chi connectivity index (χ0v) is 16.1. The highest BCUT2D eigenvalue weighted by molar-refractivity contribution is 7.89. The van der Waals surface area contributed by atoms with E-state index in [-0.39, 0.29) is 17.1 Å². The first kappa shape index (κ1) is 18.4. The second-order valence-corrected chi connectivity index (χ2v) is 9.53. The summed E-state index contributed by atoms with van der Waals surface area (Å²) in [5.41, 5.74) is 1.72. The molecule has 2 aliphatic rings. The molecule has 2 aliphatic heterocycles. The third-order valence-corrected chi connectivity index (χ3v) is 7.65. The molecule has 0 atom stereocenters. The quantitative estimate of drug-likeness (QED) is 0.791. The number of hydrogen-bond donors (Lipinski definition) is 0. The molecule has 3 rings (SSSR count). The fourth-order valence-corrected chi connectivity index (χ4v) is 5.52. The number of sulfonamides is 1. The van der Waals surface area contributed by atoms with Crippen LogP contribution in [0, 0.1) is 19.3 Å². The van der Waals surface area contributed by atoms with Crippen LogP contribution in [0.5, 0.6) is 0 Å². The summed E-state index contributed by atoms with van der Waals surface area (Å²) < 4.78 is 31.3. The van der Waals surface area contributed by atoms with Gasteiger partial charge in [-0.05, 0) is 38.5 Å². The van der Waals surface area contributed by atoms with Gasteiger partial charge < -0.3 is 9.42 Å². The van der Waals surface area contributed by atoms with Gasteiger partial charge in [0.25, 0.3) is 0 Å². The van der Waals surface area contributed by atoms with E-state index in [9.17, 15) is 13.2 Å². The van der Waals surface area contributed by atoms with Crippen LogP contribution >= 0.6 is 0 Å². The normalized spacial score (nSPS) is 21.4. The number of piperidine rings is 1. The van der Waals surface area contributed by atoms with Crippen molar-refractivity contribution < 1.29 is 17.7 Å². The zero-order chi connectivity index (χ0) is 18.2. The Kier molecular flexibility index (Phi) is 4.94. The van der Waals surface area contributed by atoms with Crippen molar-refractivity contribution in [2.45, 2.75) is 53.0 Å². The monoisotopic (exact) mass is 369 g/mol. The molecule has 7 nitrogen and oxygen atoms in total. The van der Waals surface area contributed by atoms with E-state index in [0.717, 1.165) is 29.9 Å². The van der Waals surface area contributed by atoms with Gasteiger partial charge in [-0.15, -0.1) is 0 Å². The van der Waals surface area contributed by atoms with E-state index in [1.54, 1.807) is 4.31 Å². The Morgan fingerprint density at radius 3 is 2.48 bits per heavy atom. The molecule has 8 heteroatoms. The SMILES string of the molecule is CCCS(=O)(=O)N1CCC2(CC1)CC(=O)N(Cc1c(C)noc1C)C2. The first-order valence-electron chi connectivity index (χ1n) is 8.94. The molecule has 2 saturated heterocycles. The molecular formula is C17H27N3O4S. The van der Waals surface area contributed by atoms with Crippen molar-refractivity contribution in [3.05, 3.63) is 17.0 Å². The number of rotatable bonds is 5. The van der Waals surface area contributed by atoms with E-state index in [1.165, 1.54) is 0 Å². The minimum Gasteiger partial charge on any atom is -0.361 e. The molecule has 1 aromatic heterocycles. The highest BCUT2D eigenvalue weighted by Crippen LogP contribution is 2.42. The average Bonchev–Trinajstić information content (AvgIpc) is 3.02. The molecule has 0 aromatic carbocycles. The molecule has 140 valence electrons. The van der Waals surface area contributed by atoms with Gasteiger partial charge >= 0.3 is 0 Å². The maximum atomic E-state index is 12.5. The van der Waals surface area contributed by atoms with Gasteiger partial charge in [-0.3, -0.25) is 4.79 Å². The van der Waals surface area contributed by atoms with Gasteiger partial charge in [0.1, 0.15) is 5.76 Å². The second kappa shape index (κ2) is 6.72. The highest BCUT2D eigenvalue weighted by Gasteiger charge is 2.46. The lowest BCUT2D eigenvalue weighted by Crippen LogP contribution is -2.44. The average molecular weight is 369 g/mol. The minimum absolute atomic E-state index is 0.0890. The lowest BCUT2D eigenvalue weighted by Gasteiger charge is -2.38. The number of likely N-dealkylation sites (tertiary alicyclic amines) is 1. The largest absolute Gasteiger partial charge is 0.361 e. The standard InChI is InChI=1S/C17H27N3O4S/c1-4-9-25(22,23)20-7-5-17(6-8-20)10-16(21)19(12-17)11-15-13(2)18-24-14(15)3/h4-12H2,1-3H3. The van der Waals surface area contributed by atoms with Gasteiger partial charge in [-0.1, -0.05) is 12.1 Å². The van der Waals surface area contributed by atoms with Crippen LogP contribution in [-0.2, 0) is 21.4 Å². The highest BCUT2D eigenvalue weighted by atomic mass is 32.2. The van der Waals surface area contributed by atoms with Crippen LogP contribution < -0.4 is 0 Å². The number of hydrogen-bond acceptors (Lipinski definition) is 5. The zero-order valence-electron chi connectivity index (χ0n) is 15.2. The molecular weight excluding hydrogens is 342 g/mol. The summed E-state index contributed by atoms with van der Waals surface area (Å²) in [6.07, 6.45) is 2.64. The molecule has 1 spiro atoms. The van der Waals surface area contributed by atoms with Gasteiger partial charge in [-0.25, -0.2) is 12.7 Å². The molecule has 1 aromatic rings. The Morgan fingerprint density at radius 2 is 1.92 bits per heavy atom. The smallest absolute Gasteiger partial charge is 0.223 e. The predicted molar refractivity (Wildman–Crippen MR) is 93.3 cm³/mol. The number of carbonyl (C=O) groups excluding carboxylic acids is 1. The molecule has 1 amide bonds. The lowest BCUT2D eigenvalue weighted by atomic mass is 9.78. The van der Waals surface area contributed by atoms with Crippen molar-refractivity contribution in [2.75, 3.05) is 25.4 Å². The number of aryl methyl sites for hydroxylation is 2. The Bertz CT molecular complexity index is 728. The molecule has 0 aliphatic carbocycles. The van der Waals surface area contributed by atoms with Crippen LogP contribution in [0.2, 0.25) is 0 Å². The van der Waals surface area contributed by atoms with Gasteiger partial charge in [0.05, 0.1) is 18.0 Å². The Morgan fingerprint density at radius 1 is 1.24 bits per heavy atom. The maximum Gasteiger partial charge on any atom is 0.223 e. The molecule has 0 unspecified atom stereocenters. The van der Waals surface area contributed by atoms with Crippen LogP contribution in [0.15, 0.2) is 4.52 Å². The number of carbonyl (C=O) groups is 1. The van der Waals surface area contributed by atoms with E-state index in [2.05, 4.69) is 5.16 Å². The van der Waals surface area contributed by atoms with Gasteiger partial charge in [0.15, 0.2) is 0 Å². The molecule has 0 N–H and O–H groups in total. The molecule has 0 bridgehead atoms. The van der Waals surface area contributed by atoms with Crippen molar-refractivity contribution in [2.24, 2.45) is 5.41 Å². The Balaban J connectivity index is 1.65. The Labute approximate surface area is 149 Å². The topological polar surface area (TPSA) is 83.7 Å². The lowest BCUT2D eigenvalue weighted by molar-refractivity contribution is -0.128. The van der Waals surface area contributed by atoms with Gasteiger partial charge in [-0.2, -0.15) is 0 Å². The minimum atomic E-state index is -3.14. The fourth-order valence-electron chi connectivity index (χ4n) is 4.00. The summed E-state index contributed by atoms with van der Waals surface area (Å²) in [4.78, 5) is 14.4. The van der Waals surface area contributed by atoms with Crippen LogP contribution in [0.3, 0.4) is 0 Å². The van der Waals surface area contributed by atoms with E-state index in [4.69, 9.17) is 4.52 Å². The maximum absolute atomic E-state index is 12.5. The molecule has 3 heterocycles. The van der Waals surface area contributed by atoms with Crippen molar-refractivity contribution >= 4 is 15.9 Å². The van der Waals surface area contributed by atoms with Crippen LogP contribution in [0.4, 0.5) is 0 Å². The van der Waals surface area contributed by atoms with Crippen LogP contribution in [0.25, 0.3) is 0 Å².